The standard InChI is InChI=1S/C17H22N2O/c1-20-15-6-7-17-16(12-15)14(8-9-18-17)13-19-10-4-2-3-5-11-19/h6-9,12H,2-5,10-11,13H2,1H3. The molecule has 3 nitrogen and oxygen atoms in total. The number of hydrogen-bond acceptors (Lipinski definition) is 3. The van der Waals surface area contributed by atoms with Crippen LogP contribution in [0.1, 0.15) is 31.2 Å². The fraction of sp³-hybridized carbons (Fsp3) is 0.471. The minimum absolute atomic E-state index is 0.905. The zero-order valence-corrected chi connectivity index (χ0v) is 12.1. The second-order valence-corrected chi connectivity index (χ2v) is 5.54. The normalized spacial score (nSPS) is 17.1. The Hall–Kier alpha value is -1.61. The number of likely N-dealkylation sites (tertiary alicyclic amines) is 1. The fourth-order valence-corrected chi connectivity index (χ4v) is 2.98. The highest BCUT2D eigenvalue weighted by Gasteiger charge is 2.11. The summed E-state index contributed by atoms with van der Waals surface area (Å²) in [5.41, 5.74) is 2.41. The van der Waals surface area contributed by atoms with Gasteiger partial charge in [0.15, 0.2) is 0 Å². The van der Waals surface area contributed by atoms with Gasteiger partial charge >= 0.3 is 0 Å². The molecule has 20 heavy (non-hydrogen) atoms. The SMILES string of the molecule is COc1ccc2nccc(CN3CCCCCC3)c2c1. The third kappa shape index (κ3) is 2.93. The average molecular weight is 270 g/mol. The summed E-state index contributed by atoms with van der Waals surface area (Å²) in [6, 6.07) is 8.27. The van der Waals surface area contributed by atoms with E-state index in [0.717, 1.165) is 17.8 Å². The maximum absolute atomic E-state index is 5.35. The number of aromatic nitrogens is 1. The maximum atomic E-state index is 5.35. The number of benzene rings is 1. The number of nitrogens with zero attached hydrogens (tertiary/aromatic N) is 2. The molecule has 3 rings (SSSR count). The fourth-order valence-electron chi connectivity index (χ4n) is 2.98. The van der Waals surface area contributed by atoms with E-state index in [0.29, 0.717) is 0 Å². The second-order valence-electron chi connectivity index (χ2n) is 5.54. The van der Waals surface area contributed by atoms with Crippen molar-refractivity contribution in [3.63, 3.8) is 0 Å². The van der Waals surface area contributed by atoms with Gasteiger partial charge in [-0.15, -0.1) is 0 Å². The molecule has 0 aliphatic carbocycles. The van der Waals surface area contributed by atoms with Crippen LogP contribution in [-0.2, 0) is 6.54 Å². The lowest BCUT2D eigenvalue weighted by molar-refractivity contribution is 0.278. The van der Waals surface area contributed by atoms with Crippen LogP contribution >= 0.6 is 0 Å². The van der Waals surface area contributed by atoms with Gasteiger partial charge in [0, 0.05) is 18.1 Å². The van der Waals surface area contributed by atoms with Crippen molar-refractivity contribution < 1.29 is 4.74 Å². The van der Waals surface area contributed by atoms with E-state index in [2.05, 4.69) is 22.0 Å². The first kappa shape index (κ1) is 13.4. The molecule has 0 radical (unpaired) electrons. The van der Waals surface area contributed by atoms with Crippen molar-refractivity contribution in [2.45, 2.75) is 32.2 Å². The van der Waals surface area contributed by atoms with E-state index in [9.17, 15) is 0 Å². The number of fused-ring (bicyclic) bond motifs is 1. The molecular weight excluding hydrogens is 248 g/mol. The van der Waals surface area contributed by atoms with E-state index in [4.69, 9.17) is 4.74 Å². The number of hydrogen-bond donors (Lipinski definition) is 0. The Balaban J connectivity index is 1.89. The highest BCUT2D eigenvalue weighted by atomic mass is 16.5. The third-order valence-electron chi connectivity index (χ3n) is 4.13. The summed E-state index contributed by atoms with van der Waals surface area (Å²) in [5, 5.41) is 1.22. The van der Waals surface area contributed by atoms with Gasteiger partial charge in [0.05, 0.1) is 12.6 Å². The summed E-state index contributed by atoms with van der Waals surface area (Å²) in [6.07, 6.45) is 7.32. The van der Waals surface area contributed by atoms with Gasteiger partial charge in [0.25, 0.3) is 0 Å². The molecule has 0 N–H and O–H groups in total. The first-order valence-corrected chi connectivity index (χ1v) is 7.51. The Kier molecular flexibility index (Phi) is 4.16. The second kappa shape index (κ2) is 6.23. The lowest BCUT2D eigenvalue weighted by Gasteiger charge is -2.20. The van der Waals surface area contributed by atoms with Crippen LogP contribution in [0.15, 0.2) is 30.5 Å². The molecule has 3 heteroatoms. The summed E-state index contributed by atoms with van der Waals surface area (Å²) in [7, 11) is 1.71. The van der Waals surface area contributed by atoms with E-state index in [1.54, 1.807) is 7.11 Å². The molecule has 1 saturated heterocycles. The topological polar surface area (TPSA) is 25.4 Å². The van der Waals surface area contributed by atoms with Crippen molar-refractivity contribution >= 4 is 10.9 Å². The molecule has 1 fully saturated rings. The van der Waals surface area contributed by atoms with Crippen molar-refractivity contribution in [2.75, 3.05) is 20.2 Å². The van der Waals surface area contributed by atoms with Crippen LogP contribution in [0.3, 0.4) is 0 Å². The van der Waals surface area contributed by atoms with Gasteiger partial charge in [-0.25, -0.2) is 0 Å². The Morgan fingerprint density at radius 2 is 1.90 bits per heavy atom. The quantitative estimate of drug-likeness (QED) is 0.851. The molecule has 0 atom stereocenters. The molecule has 0 spiro atoms. The molecule has 1 aliphatic heterocycles. The molecule has 0 bridgehead atoms. The van der Waals surface area contributed by atoms with E-state index in [-0.39, 0.29) is 0 Å². The zero-order valence-electron chi connectivity index (χ0n) is 12.1. The summed E-state index contributed by atoms with van der Waals surface area (Å²) in [6.45, 7) is 3.45. The van der Waals surface area contributed by atoms with Crippen LogP contribution in [0.25, 0.3) is 10.9 Å². The maximum Gasteiger partial charge on any atom is 0.119 e. The van der Waals surface area contributed by atoms with Gasteiger partial charge in [-0.2, -0.15) is 0 Å². The molecule has 2 heterocycles. The molecular formula is C17H22N2O. The van der Waals surface area contributed by atoms with E-state index in [1.165, 1.54) is 49.7 Å². The summed E-state index contributed by atoms with van der Waals surface area (Å²) in [5.74, 6) is 0.905. The highest BCUT2D eigenvalue weighted by molar-refractivity contribution is 5.83. The van der Waals surface area contributed by atoms with Crippen molar-refractivity contribution in [3.05, 3.63) is 36.0 Å². The smallest absolute Gasteiger partial charge is 0.119 e. The van der Waals surface area contributed by atoms with E-state index < -0.39 is 0 Å². The van der Waals surface area contributed by atoms with Crippen LogP contribution in [0.4, 0.5) is 0 Å². The third-order valence-corrected chi connectivity index (χ3v) is 4.13. The van der Waals surface area contributed by atoms with Crippen LogP contribution in [-0.4, -0.2) is 30.1 Å². The van der Waals surface area contributed by atoms with Gasteiger partial charge < -0.3 is 4.74 Å². The average Bonchev–Trinajstić information content (AvgIpc) is 2.76. The Labute approximate surface area is 120 Å². The Morgan fingerprint density at radius 1 is 1.10 bits per heavy atom. The zero-order chi connectivity index (χ0) is 13.8. The van der Waals surface area contributed by atoms with Crippen molar-refractivity contribution in [3.8, 4) is 5.75 Å². The Bertz CT molecular complexity index is 574. The monoisotopic (exact) mass is 270 g/mol. The molecule has 0 saturated carbocycles. The first-order valence-electron chi connectivity index (χ1n) is 7.51. The minimum Gasteiger partial charge on any atom is -0.497 e. The number of methoxy groups -OCH3 is 1. The largest absolute Gasteiger partial charge is 0.497 e. The minimum atomic E-state index is 0.905. The van der Waals surface area contributed by atoms with Gasteiger partial charge in [-0.1, -0.05) is 12.8 Å². The predicted molar refractivity (Wildman–Crippen MR) is 82.0 cm³/mol. The van der Waals surface area contributed by atoms with Crippen LogP contribution in [0.5, 0.6) is 5.75 Å². The number of rotatable bonds is 3. The van der Waals surface area contributed by atoms with Gasteiger partial charge in [0.1, 0.15) is 5.75 Å². The highest BCUT2D eigenvalue weighted by Crippen LogP contribution is 2.24. The van der Waals surface area contributed by atoms with Crippen LogP contribution < -0.4 is 4.74 Å². The van der Waals surface area contributed by atoms with E-state index in [1.807, 2.05) is 18.3 Å². The summed E-state index contributed by atoms with van der Waals surface area (Å²) in [4.78, 5) is 7.03. The molecule has 1 aliphatic rings. The molecule has 1 aromatic carbocycles. The molecule has 106 valence electrons. The predicted octanol–water partition coefficient (Wildman–Crippen LogP) is 3.62. The van der Waals surface area contributed by atoms with Gasteiger partial charge in [-0.3, -0.25) is 9.88 Å². The Morgan fingerprint density at radius 3 is 2.65 bits per heavy atom. The van der Waals surface area contributed by atoms with Crippen LogP contribution in [0.2, 0.25) is 0 Å². The van der Waals surface area contributed by atoms with Crippen molar-refractivity contribution in [2.24, 2.45) is 0 Å². The van der Waals surface area contributed by atoms with Crippen molar-refractivity contribution in [1.82, 2.24) is 9.88 Å². The summed E-state index contributed by atoms with van der Waals surface area (Å²) >= 11 is 0. The molecule has 0 unspecified atom stereocenters. The molecule has 0 amide bonds. The van der Waals surface area contributed by atoms with Gasteiger partial charge in [-0.05, 0) is 55.8 Å². The molecule has 2 aromatic rings. The van der Waals surface area contributed by atoms with Crippen molar-refractivity contribution in [1.29, 1.82) is 0 Å². The number of ether oxygens (including phenoxy) is 1. The summed E-state index contributed by atoms with van der Waals surface area (Å²) < 4.78 is 5.35. The van der Waals surface area contributed by atoms with E-state index >= 15 is 0 Å². The first-order chi connectivity index (χ1) is 9.86. The van der Waals surface area contributed by atoms with Gasteiger partial charge in [0.2, 0.25) is 0 Å². The van der Waals surface area contributed by atoms with Crippen LogP contribution in [0, 0.1) is 0 Å². The lowest BCUT2D eigenvalue weighted by atomic mass is 10.1. The number of pyridine rings is 1. The molecule has 1 aromatic heterocycles. The lowest BCUT2D eigenvalue weighted by Crippen LogP contribution is -2.24.